The van der Waals surface area contributed by atoms with Crippen molar-refractivity contribution in [2.75, 3.05) is 40.0 Å². The fourth-order valence-corrected chi connectivity index (χ4v) is 2.94. The van der Waals surface area contributed by atoms with E-state index in [1.54, 1.807) is 6.07 Å². The fraction of sp³-hybridized carbons (Fsp3) is 0.562. The van der Waals surface area contributed by atoms with Crippen LogP contribution in [-0.4, -0.2) is 56.1 Å². The summed E-state index contributed by atoms with van der Waals surface area (Å²) in [6, 6.07) is 6.17. The molecule has 0 spiro atoms. The molecular weight excluding hydrogens is 266 g/mol. The number of ether oxygens (including phenoxy) is 1. The predicted octanol–water partition coefficient (Wildman–Crippen LogP) is 1.58. The van der Waals surface area contributed by atoms with E-state index in [0.717, 1.165) is 25.2 Å². The van der Waals surface area contributed by atoms with E-state index in [1.807, 2.05) is 12.1 Å². The molecule has 0 saturated carbocycles. The van der Waals surface area contributed by atoms with Crippen molar-refractivity contribution < 1.29 is 9.53 Å². The molecule has 2 rings (SSSR count). The van der Waals surface area contributed by atoms with Crippen LogP contribution in [0.15, 0.2) is 18.2 Å². The van der Waals surface area contributed by atoms with Crippen molar-refractivity contribution in [2.45, 2.75) is 25.4 Å². The Morgan fingerprint density at radius 2 is 2.24 bits per heavy atom. The van der Waals surface area contributed by atoms with Crippen molar-refractivity contribution in [1.82, 2.24) is 9.80 Å². The third-order valence-electron chi connectivity index (χ3n) is 4.18. The SMILES string of the molecule is COC(=O)c1c(N)cccc1CN1CCCC(N(C)C)C1. The number of nitrogen functional groups attached to an aromatic ring is 1. The zero-order valence-electron chi connectivity index (χ0n) is 13.1. The summed E-state index contributed by atoms with van der Waals surface area (Å²) in [6.45, 7) is 2.81. The lowest BCUT2D eigenvalue weighted by Gasteiger charge is -2.36. The maximum Gasteiger partial charge on any atom is 0.340 e. The second kappa shape index (κ2) is 6.91. The Hall–Kier alpha value is -1.59. The van der Waals surface area contributed by atoms with E-state index < -0.39 is 0 Å². The van der Waals surface area contributed by atoms with Crippen LogP contribution >= 0.6 is 0 Å². The fourth-order valence-electron chi connectivity index (χ4n) is 2.94. The number of esters is 1. The first-order chi connectivity index (χ1) is 10.0. The van der Waals surface area contributed by atoms with Gasteiger partial charge in [0.2, 0.25) is 0 Å². The van der Waals surface area contributed by atoms with Gasteiger partial charge >= 0.3 is 5.97 Å². The van der Waals surface area contributed by atoms with Gasteiger partial charge in [-0.1, -0.05) is 12.1 Å². The highest BCUT2D eigenvalue weighted by atomic mass is 16.5. The second-order valence-corrected chi connectivity index (χ2v) is 5.87. The largest absolute Gasteiger partial charge is 0.465 e. The van der Waals surface area contributed by atoms with Gasteiger partial charge in [-0.15, -0.1) is 0 Å². The lowest BCUT2D eigenvalue weighted by Crippen LogP contribution is -2.44. The molecular formula is C16H25N3O2. The Bertz CT molecular complexity index is 502. The molecule has 1 atom stereocenters. The van der Waals surface area contributed by atoms with Gasteiger partial charge in [-0.05, 0) is 45.1 Å². The minimum atomic E-state index is -0.357. The Balaban J connectivity index is 2.16. The number of likely N-dealkylation sites (tertiary alicyclic amines) is 1. The zero-order valence-corrected chi connectivity index (χ0v) is 13.1. The molecule has 1 aromatic carbocycles. The number of carbonyl (C=O) groups excluding carboxylic acids is 1. The second-order valence-electron chi connectivity index (χ2n) is 5.87. The molecule has 1 fully saturated rings. The van der Waals surface area contributed by atoms with Crippen LogP contribution in [-0.2, 0) is 11.3 Å². The van der Waals surface area contributed by atoms with Crippen LogP contribution < -0.4 is 5.73 Å². The number of nitrogens with two attached hydrogens (primary N) is 1. The monoisotopic (exact) mass is 291 g/mol. The number of methoxy groups -OCH3 is 1. The number of anilines is 1. The number of hydrogen-bond donors (Lipinski definition) is 1. The highest BCUT2D eigenvalue weighted by Crippen LogP contribution is 2.22. The van der Waals surface area contributed by atoms with Gasteiger partial charge in [0.25, 0.3) is 0 Å². The van der Waals surface area contributed by atoms with Crippen LogP contribution in [0.3, 0.4) is 0 Å². The van der Waals surface area contributed by atoms with Crippen LogP contribution in [0.4, 0.5) is 5.69 Å². The summed E-state index contributed by atoms with van der Waals surface area (Å²) < 4.78 is 4.86. The van der Waals surface area contributed by atoms with Crippen LogP contribution in [0, 0.1) is 0 Å². The van der Waals surface area contributed by atoms with E-state index in [0.29, 0.717) is 17.3 Å². The molecule has 2 N–H and O–H groups in total. The molecule has 1 aromatic rings. The molecule has 0 radical (unpaired) electrons. The molecule has 5 heteroatoms. The summed E-state index contributed by atoms with van der Waals surface area (Å²) >= 11 is 0. The minimum absolute atomic E-state index is 0.357. The van der Waals surface area contributed by atoms with Crippen molar-refractivity contribution in [3.8, 4) is 0 Å². The topological polar surface area (TPSA) is 58.8 Å². The van der Waals surface area contributed by atoms with Crippen molar-refractivity contribution in [2.24, 2.45) is 0 Å². The summed E-state index contributed by atoms with van der Waals surface area (Å²) in [5, 5.41) is 0. The van der Waals surface area contributed by atoms with Gasteiger partial charge < -0.3 is 15.4 Å². The Labute approximate surface area is 126 Å². The first-order valence-electron chi connectivity index (χ1n) is 7.37. The molecule has 1 aliphatic heterocycles. The van der Waals surface area contributed by atoms with Gasteiger partial charge in [-0.25, -0.2) is 4.79 Å². The first-order valence-corrected chi connectivity index (χ1v) is 7.37. The third-order valence-corrected chi connectivity index (χ3v) is 4.18. The highest BCUT2D eigenvalue weighted by Gasteiger charge is 2.23. The van der Waals surface area contributed by atoms with Gasteiger partial charge in [0.05, 0.1) is 12.7 Å². The molecule has 1 heterocycles. The molecule has 0 bridgehead atoms. The summed E-state index contributed by atoms with van der Waals surface area (Å²) in [6.07, 6.45) is 2.41. The van der Waals surface area contributed by atoms with E-state index in [-0.39, 0.29) is 5.97 Å². The smallest absolute Gasteiger partial charge is 0.340 e. The number of rotatable bonds is 4. The summed E-state index contributed by atoms with van der Waals surface area (Å²) in [4.78, 5) is 16.6. The Morgan fingerprint density at radius 3 is 2.90 bits per heavy atom. The van der Waals surface area contributed by atoms with Crippen LogP contribution in [0.2, 0.25) is 0 Å². The number of nitrogens with zero attached hydrogens (tertiary/aromatic N) is 2. The molecule has 21 heavy (non-hydrogen) atoms. The third kappa shape index (κ3) is 3.74. The molecule has 116 valence electrons. The van der Waals surface area contributed by atoms with Gasteiger partial charge in [-0.2, -0.15) is 0 Å². The molecule has 0 aliphatic carbocycles. The van der Waals surface area contributed by atoms with Gasteiger partial charge in [0.1, 0.15) is 0 Å². The van der Waals surface area contributed by atoms with Crippen LogP contribution in [0.1, 0.15) is 28.8 Å². The summed E-state index contributed by atoms with van der Waals surface area (Å²) in [7, 11) is 5.63. The first kappa shape index (κ1) is 15.8. The van der Waals surface area contributed by atoms with Crippen LogP contribution in [0.5, 0.6) is 0 Å². The lowest BCUT2D eigenvalue weighted by atomic mass is 10.0. The van der Waals surface area contributed by atoms with E-state index in [2.05, 4.69) is 23.9 Å². The van der Waals surface area contributed by atoms with Gasteiger partial charge in [0, 0.05) is 24.8 Å². The van der Waals surface area contributed by atoms with Crippen molar-refractivity contribution in [1.29, 1.82) is 0 Å². The normalized spacial score (nSPS) is 19.7. The Kier molecular flexibility index (Phi) is 5.20. The average Bonchev–Trinajstić information content (AvgIpc) is 2.47. The molecule has 0 amide bonds. The van der Waals surface area contributed by atoms with E-state index >= 15 is 0 Å². The molecule has 1 saturated heterocycles. The van der Waals surface area contributed by atoms with Gasteiger partial charge in [-0.3, -0.25) is 4.90 Å². The van der Waals surface area contributed by atoms with Crippen molar-refractivity contribution in [3.63, 3.8) is 0 Å². The molecule has 5 nitrogen and oxygen atoms in total. The lowest BCUT2D eigenvalue weighted by molar-refractivity contribution is 0.0598. The number of piperidine rings is 1. The summed E-state index contributed by atoms with van der Waals surface area (Å²) in [5.41, 5.74) is 7.89. The number of likely N-dealkylation sites (N-methyl/N-ethyl adjacent to an activating group) is 1. The van der Waals surface area contributed by atoms with Crippen LogP contribution in [0.25, 0.3) is 0 Å². The Morgan fingerprint density at radius 1 is 1.48 bits per heavy atom. The van der Waals surface area contributed by atoms with E-state index in [9.17, 15) is 4.79 Å². The van der Waals surface area contributed by atoms with Gasteiger partial charge in [0.15, 0.2) is 0 Å². The van der Waals surface area contributed by atoms with E-state index in [1.165, 1.54) is 20.0 Å². The summed E-state index contributed by atoms with van der Waals surface area (Å²) in [5.74, 6) is -0.357. The maximum absolute atomic E-state index is 11.9. The molecule has 1 unspecified atom stereocenters. The number of benzene rings is 1. The van der Waals surface area contributed by atoms with Crippen molar-refractivity contribution in [3.05, 3.63) is 29.3 Å². The average molecular weight is 291 g/mol. The molecule has 1 aliphatic rings. The quantitative estimate of drug-likeness (QED) is 0.674. The number of carbonyl (C=O) groups is 1. The maximum atomic E-state index is 11.9. The molecule has 0 aromatic heterocycles. The minimum Gasteiger partial charge on any atom is -0.465 e. The standard InChI is InChI=1S/C16H25N3O2/c1-18(2)13-7-5-9-19(11-13)10-12-6-4-8-14(17)15(12)16(20)21-3/h4,6,8,13H,5,7,9-11,17H2,1-3H3. The predicted molar refractivity (Wildman–Crippen MR) is 84.2 cm³/mol. The van der Waals surface area contributed by atoms with Crippen molar-refractivity contribution >= 4 is 11.7 Å². The zero-order chi connectivity index (χ0) is 15.4. The van der Waals surface area contributed by atoms with E-state index in [4.69, 9.17) is 10.5 Å². The number of hydrogen-bond acceptors (Lipinski definition) is 5. The highest BCUT2D eigenvalue weighted by molar-refractivity contribution is 5.96.